The molecule has 3 heteroatoms. The smallest absolute Gasteiger partial charge is 0.150 e. The number of hydrogen-bond acceptors (Lipinski definition) is 2. The SMILES string of the molecule is C=CCn1ccnc1-c1cccs1. The average Bonchev–Trinajstić information content (AvgIpc) is 2.71. The molecule has 66 valence electrons. The molecule has 0 saturated heterocycles. The molecule has 2 nitrogen and oxygen atoms in total. The summed E-state index contributed by atoms with van der Waals surface area (Å²) in [4.78, 5) is 5.50. The van der Waals surface area contributed by atoms with Crippen molar-refractivity contribution in [2.45, 2.75) is 6.54 Å². The van der Waals surface area contributed by atoms with E-state index in [-0.39, 0.29) is 0 Å². The van der Waals surface area contributed by atoms with Gasteiger partial charge in [0.15, 0.2) is 0 Å². The van der Waals surface area contributed by atoms with Crippen LogP contribution in [-0.2, 0) is 6.54 Å². The van der Waals surface area contributed by atoms with Crippen molar-refractivity contribution in [3.05, 3.63) is 42.6 Å². The van der Waals surface area contributed by atoms with Crippen molar-refractivity contribution < 1.29 is 0 Å². The summed E-state index contributed by atoms with van der Waals surface area (Å²) in [5, 5.41) is 2.06. The van der Waals surface area contributed by atoms with E-state index in [0.29, 0.717) is 0 Å². The topological polar surface area (TPSA) is 17.8 Å². The van der Waals surface area contributed by atoms with Crippen LogP contribution in [0.5, 0.6) is 0 Å². The van der Waals surface area contributed by atoms with Crippen LogP contribution in [0.1, 0.15) is 0 Å². The average molecular weight is 190 g/mol. The minimum absolute atomic E-state index is 0.813. The van der Waals surface area contributed by atoms with Crippen LogP contribution in [0.4, 0.5) is 0 Å². The molecule has 0 fully saturated rings. The van der Waals surface area contributed by atoms with E-state index in [9.17, 15) is 0 Å². The van der Waals surface area contributed by atoms with Gasteiger partial charge in [0.2, 0.25) is 0 Å². The zero-order chi connectivity index (χ0) is 9.10. The molecule has 2 aromatic heterocycles. The zero-order valence-electron chi connectivity index (χ0n) is 7.18. The van der Waals surface area contributed by atoms with Crippen LogP contribution in [0, 0.1) is 0 Å². The van der Waals surface area contributed by atoms with E-state index < -0.39 is 0 Å². The molecule has 0 radical (unpaired) electrons. The summed E-state index contributed by atoms with van der Waals surface area (Å²) in [6, 6.07) is 4.11. The third-order valence-corrected chi connectivity index (χ3v) is 2.65. The molecule has 0 N–H and O–H groups in total. The van der Waals surface area contributed by atoms with Crippen molar-refractivity contribution in [2.24, 2.45) is 0 Å². The van der Waals surface area contributed by atoms with E-state index in [0.717, 1.165) is 12.4 Å². The van der Waals surface area contributed by atoms with E-state index in [1.54, 1.807) is 11.3 Å². The highest BCUT2D eigenvalue weighted by atomic mass is 32.1. The molecule has 2 heterocycles. The summed E-state index contributed by atoms with van der Waals surface area (Å²) in [6.07, 6.45) is 5.66. The van der Waals surface area contributed by atoms with Gasteiger partial charge in [-0.2, -0.15) is 0 Å². The molecule has 0 aliphatic rings. The van der Waals surface area contributed by atoms with Gasteiger partial charge in [0, 0.05) is 18.9 Å². The molecule has 0 bridgehead atoms. The van der Waals surface area contributed by atoms with Crippen molar-refractivity contribution in [2.75, 3.05) is 0 Å². The van der Waals surface area contributed by atoms with Gasteiger partial charge in [0.1, 0.15) is 5.82 Å². The Morgan fingerprint density at radius 3 is 3.23 bits per heavy atom. The summed E-state index contributed by atoms with van der Waals surface area (Å²) in [7, 11) is 0. The van der Waals surface area contributed by atoms with Gasteiger partial charge in [-0.05, 0) is 11.4 Å². The van der Waals surface area contributed by atoms with Gasteiger partial charge in [0.25, 0.3) is 0 Å². The van der Waals surface area contributed by atoms with Crippen molar-refractivity contribution in [3.63, 3.8) is 0 Å². The van der Waals surface area contributed by atoms with Crippen molar-refractivity contribution in [3.8, 4) is 10.7 Å². The summed E-state index contributed by atoms with van der Waals surface area (Å²) in [5.41, 5.74) is 0. The van der Waals surface area contributed by atoms with Crippen LogP contribution in [0.3, 0.4) is 0 Å². The fourth-order valence-electron chi connectivity index (χ4n) is 1.23. The van der Waals surface area contributed by atoms with Gasteiger partial charge in [-0.15, -0.1) is 17.9 Å². The first-order valence-electron chi connectivity index (χ1n) is 4.07. The molecule has 2 rings (SSSR count). The van der Waals surface area contributed by atoms with Gasteiger partial charge >= 0.3 is 0 Å². The highest BCUT2D eigenvalue weighted by molar-refractivity contribution is 7.13. The molecule has 0 spiro atoms. The van der Waals surface area contributed by atoms with Crippen LogP contribution in [0.2, 0.25) is 0 Å². The quantitative estimate of drug-likeness (QED) is 0.680. The first kappa shape index (κ1) is 8.26. The van der Waals surface area contributed by atoms with Gasteiger partial charge in [-0.1, -0.05) is 12.1 Å². The first-order valence-corrected chi connectivity index (χ1v) is 4.95. The Morgan fingerprint density at radius 1 is 1.62 bits per heavy atom. The molecular weight excluding hydrogens is 180 g/mol. The number of rotatable bonds is 3. The van der Waals surface area contributed by atoms with Gasteiger partial charge in [-0.3, -0.25) is 0 Å². The van der Waals surface area contributed by atoms with Crippen LogP contribution in [0.15, 0.2) is 42.6 Å². The lowest BCUT2D eigenvalue weighted by Crippen LogP contribution is -1.95. The molecule has 0 unspecified atom stereocenters. The van der Waals surface area contributed by atoms with E-state index in [2.05, 4.69) is 27.6 Å². The third-order valence-electron chi connectivity index (χ3n) is 1.78. The fraction of sp³-hybridized carbons (Fsp3) is 0.100. The van der Waals surface area contributed by atoms with Gasteiger partial charge in [0.05, 0.1) is 4.88 Å². The molecule has 0 aromatic carbocycles. The lowest BCUT2D eigenvalue weighted by molar-refractivity contribution is 0.834. The second kappa shape index (κ2) is 3.58. The molecule has 13 heavy (non-hydrogen) atoms. The van der Waals surface area contributed by atoms with Crippen LogP contribution < -0.4 is 0 Å². The summed E-state index contributed by atoms with van der Waals surface area (Å²) in [5.74, 6) is 1.02. The predicted octanol–water partition coefficient (Wildman–Crippen LogP) is 2.80. The molecule has 0 aliphatic heterocycles. The van der Waals surface area contributed by atoms with Crippen molar-refractivity contribution in [1.29, 1.82) is 0 Å². The molecule has 0 saturated carbocycles. The predicted molar refractivity (Wildman–Crippen MR) is 55.7 cm³/mol. The maximum Gasteiger partial charge on any atom is 0.150 e. The van der Waals surface area contributed by atoms with E-state index in [1.807, 2.05) is 24.5 Å². The first-order chi connectivity index (χ1) is 6.42. The van der Waals surface area contributed by atoms with Crippen LogP contribution in [-0.4, -0.2) is 9.55 Å². The Morgan fingerprint density at radius 2 is 2.54 bits per heavy atom. The summed E-state index contributed by atoms with van der Waals surface area (Å²) >= 11 is 1.70. The minimum Gasteiger partial charge on any atom is -0.327 e. The number of allylic oxidation sites excluding steroid dienone is 1. The highest BCUT2D eigenvalue weighted by Gasteiger charge is 2.04. The number of imidazole rings is 1. The minimum atomic E-state index is 0.813. The Labute approximate surface area is 81.2 Å². The number of thiophene rings is 1. The molecule has 0 aliphatic carbocycles. The molecule has 2 aromatic rings. The Kier molecular flexibility index (Phi) is 2.27. The monoisotopic (exact) mass is 190 g/mol. The summed E-state index contributed by atoms with van der Waals surface area (Å²) in [6.45, 7) is 4.53. The lowest BCUT2D eigenvalue weighted by atomic mass is 10.4. The summed E-state index contributed by atoms with van der Waals surface area (Å²) < 4.78 is 2.08. The number of nitrogens with zero attached hydrogens (tertiary/aromatic N) is 2. The standard InChI is InChI=1S/C10H10N2S/c1-2-6-12-7-5-11-10(12)9-4-3-8-13-9/h2-5,7-8H,1,6H2. The molecule has 0 atom stereocenters. The van der Waals surface area contributed by atoms with E-state index in [4.69, 9.17) is 0 Å². The number of hydrogen-bond donors (Lipinski definition) is 0. The van der Waals surface area contributed by atoms with Gasteiger partial charge < -0.3 is 4.57 Å². The maximum absolute atomic E-state index is 4.30. The Bertz CT molecular complexity index is 387. The van der Waals surface area contributed by atoms with E-state index in [1.165, 1.54) is 4.88 Å². The van der Waals surface area contributed by atoms with E-state index >= 15 is 0 Å². The second-order valence-corrected chi connectivity index (χ2v) is 3.62. The van der Waals surface area contributed by atoms with Crippen molar-refractivity contribution in [1.82, 2.24) is 9.55 Å². The normalized spacial score (nSPS) is 10.2. The maximum atomic E-state index is 4.30. The molecule has 0 amide bonds. The molecular formula is C10H10N2S. The van der Waals surface area contributed by atoms with Crippen molar-refractivity contribution >= 4 is 11.3 Å². The van der Waals surface area contributed by atoms with Crippen LogP contribution in [0.25, 0.3) is 10.7 Å². The third kappa shape index (κ3) is 1.55. The highest BCUT2D eigenvalue weighted by Crippen LogP contribution is 2.22. The second-order valence-electron chi connectivity index (χ2n) is 2.67. The Hall–Kier alpha value is -1.35. The Balaban J connectivity index is 2.40. The lowest BCUT2D eigenvalue weighted by Gasteiger charge is -2.01. The zero-order valence-corrected chi connectivity index (χ0v) is 8.00. The van der Waals surface area contributed by atoms with Crippen LogP contribution >= 0.6 is 11.3 Å². The van der Waals surface area contributed by atoms with Gasteiger partial charge in [-0.25, -0.2) is 4.98 Å². The fourth-order valence-corrected chi connectivity index (χ4v) is 1.96. The largest absolute Gasteiger partial charge is 0.327 e. The number of aromatic nitrogens is 2.